The molecule has 0 spiro atoms. The van der Waals surface area contributed by atoms with Crippen LogP contribution in [-0.4, -0.2) is 47.0 Å². The zero-order chi connectivity index (χ0) is 16.0. The topological polar surface area (TPSA) is 70.1 Å². The Morgan fingerprint density at radius 2 is 1.86 bits per heavy atom. The van der Waals surface area contributed by atoms with Gasteiger partial charge in [0, 0.05) is 25.7 Å². The molecule has 1 aromatic rings. The summed E-state index contributed by atoms with van der Waals surface area (Å²) in [6.07, 6.45) is 1.03. The minimum Gasteiger partial charge on any atom is -0.370 e. The summed E-state index contributed by atoms with van der Waals surface area (Å²) in [6, 6.07) is -0.318. The number of likely N-dealkylation sites (N-methyl/N-ethyl adjacent to an activating group) is 1. The molecule has 0 aliphatic carbocycles. The van der Waals surface area contributed by atoms with Gasteiger partial charge in [0.1, 0.15) is 23.5 Å². The lowest BCUT2D eigenvalue weighted by atomic mass is 10.2. The van der Waals surface area contributed by atoms with Gasteiger partial charge >= 0.3 is 0 Å². The summed E-state index contributed by atoms with van der Waals surface area (Å²) in [6.45, 7) is 11.3. The fourth-order valence-electron chi connectivity index (χ4n) is 1.94. The van der Waals surface area contributed by atoms with Gasteiger partial charge in [-0.15, -0.1) is 0 Å². The van der Waals surface area contributed by atoms with Crippen molar-refractivity contribution in [1.29, 1.82) is 0 Å². The molecule has 0 aromatic carbocycles. The fraction of sp³-hybridized carbons (Fsp3) is 0.667. The maximum absolute atomic E-state index is 12.1. The molecule has 2 N–H and O–H groups in total. The Labute approximate surface area is 127 Å². The van der Waals surface area contributed by atoms with Crippen molar-refractivity contribution < 1.29 is 4.79 Å². The second kappa shape index (κ2) is 7.81. The molecule has 0 aliphatic rings. The van der Waals surface area contributed by atoms with Gasteiger partial charge < -0.3 is 15.5 Å². The van der Waals surface area contributed by atoms with E-state index in [0.29, 0.717) is 18.2 Å². The Bertz CT molecular complexity index is 489. The summed E-state index contributed by atoms with van der Waals surface area (Å²) in [4.78, 5) is 22.7. The summed E-state index contributed by atoms with van der Waals surface area (Å²) in [5.41, 5.74) is 0.938. The van der Waals surface area contributed by atoms with Crippen LogP contribution in [0.25, 0.3) is 0 Å². The van der Waals surface area contributed by atoms with Gasteiger partial charge in [0.25, 0.3) is 0 Å². The third-order valence-corrected chi connectivity index (χ3v) is 3.37. The van der Waals surface area contributed by atoms with Crippen LogP contribution in [0, 0.1) is 13.8 Å². The highest BCUT2D eigenvalue weighted by atomic mass is 16.2. The van der Waals surface area contributed by atoms with Gasteiger partial charge in [0.05, 0.1) is 0 Å². The van der Waals surface area contributed by atoms with Crippen molar-refractivity contribution in [3.8, 4) is 0 Å². The van der Waals surface area contributed by atoms with Crippen molar-refractivity contribution >= 4 is 17.5 Å². The van der Waals surface area contributed by atoms with E-state index in [2.05, 4.69) is 27.5 Å². The second-order valence-electron chi connectivity index (χ2n) is 5.24. The van der Waals surface area contributed by atoms with Crippen LogP contribution in [0.1, 0.15) is 38.6 Å². The molecule has 6 heteroatoms. The molecule has 1 heterocycles. The molecule has 21 heavy (non-hydrogen) atoms. The maximum atomic E-state index is 12.1. The first-order valence-corrected chi connectivity index (χ1v) is 7.51. The number of anilines is 2. The van der Waals surface area contributed by atoms with E-state index in [0.717, 1.165) is 24.3 Å². The summed E-state index contributed by atoms with van der Waals surface area (Å²) < 4.78 is 0. The molecule has 0 aliphatic heterocycles. The SMILES string of the molecule is CCCNc1nc(C)nc(NC(C)C(=O)N(C)CC)c1C. The number of carbonyl (C=O) groups excluding carboxylic acids is 1. The quantitative estimate of drug-likeness (QED) is 0.806. The first-order valence-electron chi connectivity index (χ1n) is 7.51. The first kappa shape index (κ1) is 17.2. The first-order chi connectivity index (χ1) is 9.90. The summed E-state index contributed by atoms with van der Waals surface area (Å²) in [5, 5.41) is 6.49. The number of aryl methyl sites for hydroxylation is 1. The molecule has 0 fully saturated rings. The highest BCUT2D eigenvalue weighted by Crippen LogP contribution is 2.20. The van der Waals surface area contributed by atoms with E-state index in [1.54, 1.807) is 11.9 Å². The molecule has 0 bridgehead atoms. The fourth-order valence-corrected chi connectivity index (χ4v) is 1.94. The zero-order valence-electron chi connectivity index (χ0n) is 13.9. The molecule has 6 nitrogen and oxygen atoms in total. The van der Waals surface area contributed by atoms with Gasteiger partial charge in [-0.1, -0.05) is 6.92 Å². The Hall–Kier alpha value is -1.85. The van der Waals surface area contributed by atoms with Crippen LogP contribution >= 0.6 is 0 Å². The maximum Gasteiger partial charge on any atom is 0.244 e. The molecule has 1 amide bonds. The Morgan fingerprint density at radius 1 is 1.24 bits per heavy atom. The predicted molar refractivity (Wildman–Crippen MR) is 86.7 cm³/mol. The van der Waals surface area contributed by atoms with E-state index in [-0.39, 0.29) is 11.9 Å². The summed E-state index contributed by atoms with van der Waals surface area (Å²) in [7, 11) is 1.80. The zero-order valence-corrected chi connectivity index (χ0v) is 13.9. The highest BCUT2D eigenvalue weighted by molar-refractivity contribution is 5.84. The van der Waals surface area contributed by atoms with Crippen LogP contribution in [0.4, 0.5) is 11.6 Å². The van der Waals surface area contributed by atoms with Crippen LogP contribution in [0.5, 0.6) is 0 Å². The van der Waals surface area contributed by atoms with Gasteiger partial charge in [0.2, 0.25) is 5.91 Å². The molecular formula is C15H27N5O. The molecule has 1 atom stereocenters. The molecule has 118 valence electrons. The molecule has 1 rings (SSSR count). The van der Waals surface area contributed by atoms with E-state index in [9.17, 15) is 4.79 Å². The Balaban J connectivity index is 2.92. The van der Waals surface area contributed by atoms with Gasteiger partial charge in [0.15, 0.2) is 0 Å². The Kier molecular flexibility index (Phi) is 6.39. The number of aromatic nitrogens is 2. The molecule has 0 saturated heterocycles. The molecule has 0 saturated carbocycles. The average molecular weight is 293 g/mol. The number of nitrogens with zero attached hydrogens (tertiary/aromatic N) is 3. The van der Waals surface area contributed by atoms with Crippen LogP contribution in [0.3, 0.4) is 0 Å². The number of hydrogen-bond donors (Lipinski definition) is 2. The summed E-state index contributed by atoms with van der Waals surface area (Å²) in [5.74, 6) is 2.28. The van der Waals surface area contributed by atoms with Crippen LogP contribution in [0.15, 0.2) is 0 Å². The summed E-state index contributed by atoms with van der Waals surface area (Å²) >= 11 is 0. The van der Waals surface area contributed by atoms with Gasteiger partial charge in [-0.2, -0.15) is 0 Å². The molecule has 1 aromatic heterocycles. The third-order valence-electron chi connectivity index (χ3n) is 3.37. The molecular weight excluding hydrogens is 266 g/mol. The lowest BCUT2D eigenvalue weighted by Gasteiger charge is -2.22. The van der Waals surface area contributed by atoms with E-state index in [1.165, 1.54) is 0 Å². The number of rotatable bonds is 7. The minimum absolute atomic E-state index is 0.0521. The van der Waals surface area contributed by atoms with Gasteiger partial charge in [-0.25, -0.2) is 9.97 Å². The van der Waals surface area contributed by atoms with Gasteiger partial charge in [-0.3, -0.25) is 4.79 Å². The van der Waals surface area contributed by atoms with Crippen molar-refractivity contribution in [2.45, 2.75) is 47.1 Å². The van der Waals surface area contributed by atoms with E-state index in [1.807, 2.05) is 27.7 Å². The lowest BCUT2D eigenvalue weighted by molar-refractivity contribution is -0.130. The van der Waals surface area contributed by atoms with Crippen molar-refractivity contribution in [2.24, 2.45) is 0 Å². The van der Waals surface area contributed by atoms with Crippen molar-refractivity contribution in [3.05, 3.63) is 11.4 Å². The van der Waals surface area contributed by atoms with E-state index in [4.69, 9.17) is 0 Å². The molecule has 1 unspecified atom stereocenters. The second-order valence-corrected chi connectivity index (χ2v) is 5.24. The third kappa shape index (κ3) is 4.58. The van der Waals surface area contributed by atoms with Crippen molar-refractivity contribution in [1.82, 2.24) is 14.9 Å². The monoisotopic (exact) mass is 293 g/mol. The average Bonchev–Trinajstić information content (AvgIpc) is 2.47. The van der Waals surface area contributed by atoms with Crippen LogP contribution in [-0.2, 0) is 4.79 Å². The van der Waals surface area contributed by atoms with Crippen molar-refractivity contribution in [2.75, 3.05) is 30.8 Å². The van der Waals surface area contributed by atoms with Crippen LogP contribution in [0.2, 0.25) is 0 Å². The van der Waals surface area contributed by atoms with E-state index >= 15 is 0 Å². The number of carbonyl (C=O) groups is 1. The van der Waals surface area contributed by atoms with E-state index < -0.39 is 0 Å². The predicted octanol–water partition coefficient (Wildman–Crippen LogP) is 2.19. The normalized spacial score (nSPS) is 11.9. The lowest BCUT2D eigenvalue weighted by Crippen LogP contribution is -2.39. The highest BCUT2D eigenvalue weighted by Gasteiger charge is 2.18. The molecule has 0 radical (unpaired) electrons. The standard InChI is InChI=1S/C15H27N5O/c1-7-9-16-13-10(3)14(19-12(5)18-13)17-11(4)15(21)20(6)8-2/h11H,7-9H2,1-6H3,(H2,16,17,18,19). The number of nitrogens with one attached hydrogen (secondary N) is 2. The van der Waals surface area contributed by atoms with Crippen molar-refractivity contribution in [3.63, 3.8) is 0 Å². The Morgan fingerprint density at radius 3 is 2.43 bits per heavy atom. The minimum atomic E-state index is -0.318. The largest absolute Gasteiger partial charge is 0.370 e. The van der Waals surface area contributed by atoms with Gasteiger partial charge in [-0.05, 0) is 34.1 Å². The number of hydrogen-bond acceptors (Lipinski definition) is 5. The smallest absolute Gasteiger partial charge is 0.244 e. The number of amides is 1. The van der Waals surface area contributed by atoms with Crippen LogP contribution < -0.4 is 10.6 Å².